The molecule has 2 aliphatic heterocycles. The zero-order chi connectivity index (χ0) is 27.0. The molecule has 2 amide bonds. The fourth-order valence-corrected chi connectivity index (χ4v) is 8.38. The van der Waals surface area contributed by atoms with Crippen LogP contribution in [0.1, 0.15) is 26.3 Å². The lowest BCUT2D eigenvalue weighted by Crippen LogP contribution is -2.45. The molecule has 198 valence electrons. The van der Waals surface area contributed by atoms with Gasteiger partial charge in [0, 0.05) is 17.4 Å². The predicted octanol–water partition coefficient (Wildman–Crippen LogP) is 4.73. The first-order valence-electron chi connectivity index (χ1n) is 11.6. The van der Waals surface area contributed by atoms with Crippen LogP contribution in [0.2, 0.25) is 10.0 Å². The summed E-state index contributed by atoms with van der Waals surface area (Å²) in [5.41, 5.74) is 0.670. The van der Waals surface area contributed by atoms with Crippen molar-refractivity contribution in [3.05, 3.63) is 64.1 Å². The van der Waals surface area contributed by atoms with Crippen molar-refractivity contribution in [1.82, 2.24) is 5.32 Å². The van der Waals surface area contributed by atoms with Gasteiger partial charge in [-0.3, -0.25) is 4.79 Å². The third-order valence-corrected chi connectivity index (χ3v) is 9.67. The van der Waals surface area contributed by atoms with E-state index in [1.807, 2.05) is 30.3 Å². The van der Waals surface area contributed by atoms with Crippen LogP contribution in [0.4, 0.5) is 10.5 Å². The van der Waals surface area contributed by atoms with Crippen molar-refractivity contribution in [2.24, 2.45) is 4.99 Å². The van der Waals surface area contributed by atoms with Gasteiger partial charge >= 0.3 is 6.09 Å². The number of alkyl carbamates (subject to hydrolysis) is 1. The Morgan fingerprint density at radius 3 is 2.49 bits per heavy atom. The average Bonchev–Trinajstić information content (AvgIpc) is 3.25. The number of hydrogen-bond donors (Lipinski definition) is 1. The van der Waals surface area contributed by atoms with Crippen molar-refractivity contribution in [2.75, 3.05) is 16.4 Å². The van der Waals surface area contributed by atoms with Gasteiger partial charge in [0.15, 0.2) is 15.0 Å². The van der Waals surface area contributed by atoms with Gasteiger partial charge in [0.25, 0.3) is 5.91 Å². The van der Waals surface area contributed by atoms with E-state index in [2.05, 4.69) is 10.3 Å². The molecule has 3 atom stereocenters. The lowest BCUT2D eigenvalue weighted by Gasteiger charge is -2.25. The molecule has 2 aromatic rings. The molecule has 12 heteroatoms. The van der Waals surface area contributed by atoms with Crippen LogP contribution in [0.5, 0.6) is 0 Å². The van der Waals surface area contributed by atoms with Gasteiger partial charge in [0.05, 0.1) is 27.6 Å². The smallest absolute Gasteiger partial charge is 0.408 e. The van der Waals surface area contributed by atoms with Crippen LogP contribution in [0, 0.1) is 0 Å². The van der Waals surface area contributed by atoms with Gasteiger partial charge < -0.3 is 15.0 Å². The third-order valence-electron chi connectivity index (χ3n) is 5.73. The largest absolute Gasteiger partial charge is 0.444 e. The standard InChI is InChI=1S/C25H27Cl2N3O5S2/c1-25(2,3)35-24(32)28-19(11-15-7-5-4-6-8-15)22(31)29-23-30(16-9-10-17(26)18(27)12-16)20-13-37(33,34)14-21(20)36-23/h4-10,12,19-21H,11,13-14H2,1-3H3,(H,28,32)/t19-,20-,21+/m1/s1. The Morgan fingerprint density at radius 2 is 1.84 bits per heavy atom. The minimum absolute atomic E-state index is 0.0169. The zero-order valence-corrected chi connectivity index (χ0v) is 23.6. The number of hydrogen-bond acceptors (Lipinski definition) is 6. The van der Waals surface area contributed by atoms with E-state index in [9.17, 15) is 18.0 Å². The van der Waals surface area contributed by atoms with E-state index >= 15 is 0 Å². The van der Waals surface area contributed by atoms with Crippen LogP contribution in [-0.2, 0) is 25.8 Å². The summed E-state index contributed by atoms with van der Waals surface area (Å²) < 4.78 is 30.1. The number of fused-ring (bicyclic) bond motifs is 1. The molecule has 1 N–H and O–H groups in total. The summed E-state index contributed by atoms with van der Waals surface area (Å²) in [6.07, 6.45) is -0.528. The Balaban J connectivity index is 1.66. The van der Waals surface area contributed by atoms with Crippen molar-refractivity contribution in [2.45, 2.75) is 50.1 Å². The molecule has 8 nitrogen and oxygen atoms in total. The normalized spacial score (nSPS) is 22.5. The molecular weight excluding hydrogens is 557 g/mol. The van der Waals surface area contributed by atoms with Gasteiger partial charge in [-0.25, -0.2) is 13.2 Å². The Bertz CT molecular complexity index is 1330. The topological polar surface area (TPSA) is 105 Å². The van der Waals surface area contributed by atoms with Gasteiger partial charge in [-0.1, -0.05) is 65.3 Å². The van der Waals surface area contributed by atoms with Crippen LogP contribution in [0.3, 0.4) is 0 Å². The maximum atomic E-state index is 13.5. The number of nitrogens with one attached hydrogen (secondary N) is 1. The molecule has 0 bridgehead atoms. The number of halogens is 2. The van der Waals surface area contributed by atoms with Crippen LogP contribution < -0.4 is 10.2 Å². The molecule has 2 aliphatic rings. The maximum Gasteiger partial charge on any atom is 0.408 e. The van der Waals surface area contributed by atoms with Gasteiger partial charge in [-0.2, -0.15) is 4.99 Å². The predicted molar refractivity (Wildman–Crippen MR) is 149 cm³/mol. The molecular formula is C25H27Cl2N3O5S2. The number of sulfone groups is 1. The Hall–Kier alpha value is -2.27. The molecule has 0 aliphatic carbocycles. The molecule has 0 aromatic heterocycles. The molecule has 0 unspecified atom stereocenters. The second kappa shape index (κ2) is 10.8. The van der Waals surface area contributed by atoms with Crippen molar-refractivity contribution in [1.29, 1.82) is 0 Å². The van der Waals surface area contributed by atoms with Crippen LogP contribution in [-0.4, -0.2) is 60.0 Å². The SMILES string of the molecule is CC(C)(C)OC(=O)N[C@H](Cc1ccccc1)C(=O)N=C1S[C@H]2CS(=O)(=O)C[C@H]2N1c1ccc(Cl)c(Cl)c1. The fraction of sp³-hybridized carbons (Fsp3) is 0.400. The van der Waals surface area contributed by atoms with E-state index in [1.54, 1.807) is 43.9 Å². The molecule has 2 heterocycles. The van der Waals surface area contributed by atoms with Crippen molar-refractivity contribution in [3.63, 3.8) is 0 Å². The molecule has 37 heavy (non-hydrogen) atoms. The highest BCUT2D eigenvalue weighted by Crippen LogP contribution is 2.42. The maximum absolute atomic E-state index is 13.5. The second-order valence-corrected chi connectivity index (χ2v) is 14.1. The van der Waals surface area contributed by atoms with Gasteiger partial charge in [-0.05, 0) is 44.5 Å². The first kappa shape index (κ1) is 27.8. The number of ether oxygens (including phenoxy) is 1. The molecule has 0 saturated carbocycles. The van der Waals surface area contributed by atoms with E-state index in [0.717, 1.165) is 5.56 Å². The number of amidine groups is 1. The minimum Gasteiger partial charge on any atom is -0.444 e. The van der Waals surface area contributed by atoms with Gasteiger partial charge in [-0.15, -0.1) is 0 Å². The molecule has 2 saturated heterocycles. The van der Waals surface area contributed by atoms with E-state index in [0.29, 0.717) is 20.9 Å². The highest BCUT2D eigenvalue weighted by Gasteiger charge is 2.49. The number of carbonyl (C=O) groups excluding carboxylic acids is 2. The summed E-state index contributed by atoms with van der Waals surface area (Å²) in [6.45, 7) is 5.20. The van der Waals surface area contributed by atoms with Crippen molar-refractivity contribution >= 4 is 67.7 Å². The van der Waals surface area contributed by atoms with Crippen LogP contribution in [0.25, 0.3) is 0 Å². The van der Waals surface area contributed by atoms with Gasteiger partial charge in [0.1, 0.15) is 11.6 Å². The van der Waals surface area contributed by atoms with Crippen LogP contribution in [0.15, 0.2) is 53.5 Å². The highest BCUT2D eigenvalue weighted by atomic mass is 35.5. The van der Waals surface area contributed by atoms with E-state index in [1.165, 1.54) is 11.8 Å². The van der Waals surface area contributed by atoms with E-state index in [4.69, 9.17) is 27.9 Å². The van der Waals surface area contributed by atoms with Crippen molar-refractivity contribution < 1.29 is 22.7 Å². The number of benzene rings is 2. The number of rotatable bonds is 5. The van der Waals surface area contributed by atoms with Crippen molar-refractivity contribution in [3.8, 4) is 0 Å². The zero-order valence-electron chi connectivity index (χ0n) is 20.5. The minimum atomic E-state index is -3.24. The summed E-state index contributed by atoms with van der Waals surface area (Å²) in [4.78, 5) is 32.1. The average molecular weight is 585 g/mol. The number of amides is 2. The summed E-state index contributed by atoms with van der Waals surface area (Å²) in [5, 5.41) is 3.35. The number of anilines is 1. The lowest BCUT2D eigenvalue weighted by atomic mass is 10.1. The summed E-state index contributed by atoms with van der Waals surface area (Å²) in [7, 11) is -3.24. The van der Waals surface area contributed by atoms with E-state index in [-0.39, 0.29) is 23.2 Å². The lowest BCUT2D eigenvalue weighted by molar-refractivity contribution is -0.119. The Kier molecular flexibility index (Phi) is 8.13. The first-order chi connectivity index (χ1) is 17.3. The molecule has 0 spiro atoms. The Labute approximate surface area is 230 Å². The van der Waals surface area contributed by atoms with Crippen LogP contribution >= 0.6 is 35.0 Å². The summed E-state index contributed by atoms with van der Waals surface area (Å²) >= 11 is 13.6. The summed E-state index contributed by atoms with van der Waals surface area (Å²) in [6, 6.07) is 12.8. The summed E-state index contributed by atoms with van der Waals surface area (Å²) in [5.74, 6) is -0.663. The number of thioether (sulfide) groups is 1. The molecule has 2 fully saturated rings. The quantitative estimate of drug-likeness (QED) is 0.542. The third kappa shape index (κ3) is 6.98. The van der Waals surface area contributed by atoms with Gasteiger partial charge in [0.2, 0.25) is 0 Å². The first-order valence-corrected chi connectivity index (χ1v) is 15.0. The monoisotopic (exact) mass is 583 g/mol. The molecule has 4 rings (SSSR count). The van der Waals surface area contributed by atoms with E-state index < -0.39 is 39.5 Å². The highest BCUT2D eigenvalue weighted by molar-refractivity contribution is 8.16. The number of aliphatic imine (C=N–C) groups is 1. The Morgan fingerprint density at radius 1 is 1.14 bits per heavy atom. The second-order valence-electron chi connectivity index (χ2n) is 9.89. The molecule has 2 aromatic carbocycles. The molecule has 0 radical (unpaired) electrons. The number of nitrogens with zero attached hydrogens (tertiary/aromatic N) is 2. The number of carbonyl (C=O) groups is 2. The fourth-order valence-electron chi connectivity index (χ4n) is 4.17.